The fraction of sp³-hybridized carbons (Fsp3) is 0.500. The van der Waals surface area contributed by atoms with E-state index < -0.39 is 0 Å². The summed E-state index contributed by atoms with van der Waals surface area (Å²) in [6.45, 7) is 5.01. The van der Waals surface area contributed by atoms with E-state index in [9.17, 15) is 0 Å². The number of hydrogen-bond acceptors (Lipinski definition) is 3. The molecule has 1 rings (SSSR count). The van der Waals surface area contributed by atoms with Gasteiger partial charge in [0.2, 0.25) is 0 Å². The highest BCUT2D eigenvalue weighted by Crippen LogP contribution is 2.20. The molecule has 0 fully saturated rings. The van der Waals surface area contributed by atoms with Crippen LogP contribution in [0, 0.1) is 0 Å². The van der Waals surface area contributed by atoms with E-state index in [4.69, 9.17) is 5.73 Å². The molecule has 2 N–H and O–H groups in total. The molecular formula is C10H17N3. The SMILES string of the molecule is CCN(C)c1ncccc1[C@H](C)N. The molecule has 13 heavy (non-hydrogen) atoms. The van der Waals surface area contributed by atoms with Crippen molar-refractivity contribution in [2.24, 2.45) is 5.73 Å². The van der Waals surface area contributed by atoms with Gasteiger partial charge in [0.05, 0.1) is 0 Å². The molecule has 0 aliphatic rings. The minimum atomic E-state index is 0.0395. The first-order chi connectivity index (χ1) is 6.16. The standard InChI is InChI=1S/C10H17N3/c1-4-13(3)10-9(8(2)11)6-5-7-12-10/h5-8H,4,11H2,1-3H3/t8-/m0/s1. The number of hydrogen-bond donors (Lipinski definition) is 1. The van der Waals surface area contributed by atoms with Gasteiger partial charge in [-0.05, 0) is 19.9 Å². The van der Waals surface area contributed by atoms with E-state index in [1.54, 1.807) is 6.20 Å². The van der Waals surface area contributed by atoms with E-state index in [1.807, 2.05) is 26.1 Å². The Balaban J connectivity index is 3.04. The van der Waals surface area contributed by atoms with Gasteiger partial charge >= 0.3 is 0 Å². The topological polar surface area (TPSA) is 42.2 Å². The largest absolute Gasteiger partial charge is 0.360 e. The quantitative estimate of drug-likeness (QED) is 0.765. The average molecular weight is 179 g/mol. The maximum absolute atomic E-state index is 5.84. The monoisotopic (exact) mass is 179 g/mol. The summed E-state index contributed by atoms with van der Waals surface area (Å²) in [5.74, 6) is 0.986. The third kappa shape index (κ3) is 2.18. The van der Waals surface area contributed by atoms with Gasteiger partial charge in [0.15, 0.2) is 0 Å². The second-order valence-electron chi connectivity index (χ2n) is 3.22. The van der Waals surface area contributed by atoms with Crippen LogP contribution in [0.1, 0.15) is 25.5 Å². The first-order valence-electron chi connectivity index (χ1n) is 4.58. The van der Waals surface area contributed by atoms with Gasteiger partial charge in [-0.15, -0.1) is 0 Å². The summed E-state index contributed by atoms with van der Waals surface area (Å²) < 4.78 is 0. The maximum Gasteiger partial charge on any atom is 0.133 e. The van der Waals surface area contributed by atoms with Crippen LogP contribution in [0.3, 0.4) is 0 Å². The molecule has 1 aromatic heterocycles. The van der Waals surface area contributed by atoms with E-state index in [-0.39, 0.29) is 6.04 Å². The molecule has 0 radical (unpaired) electrons. The molecule has 0 aliphatic carbocycles. The lowest BCUT2D eigenvalue weighted by Gasteiger charge is -2.20. The zero-order valence-corrected chi connectivity index (χ0v) is 8.49. The van der Waals surface area contributed by atoms with E-state index in [2.05, 4.69) is 16.8 Å². The Kier molecular flexibility index (Phi) is 3.25. The van der Waals surface area contributed by atoms with Crippen LogP contribution < -0.4 is 10.6 Å². The van der Waals surface area contributed by atoms with Gasteiger partial charge in [-0.1, -0.05) is 6.07 Å². The molecule has 0 saturated carbocycles. The summed E-state index contributed by atoms with van der Waals surface area (Å²) in [6.07, 6.45) is 1.80. The fourth-order valence-electron chi connectivity index (χ4n) is 1.23. The van der Waals surface area contributed by atoms with Gasteiger partial charge in [0, 0.05) is 31.4 Å². The number of aromatic nitrogens is 1. The van der Waals surface area contributed by atoms with Gasteiger partial charge < -0.3 is 10.6 Å². The molecule has 3 nitrogen and oxygen atoms in total. The van der Waals surface area contributed by atoms with Crippen molar-refractivity contribution in [3.63, 3.8) is 0 Å². The summed E-state index contributed by atoms with van der Waals surface area (Å²) in [5.41, 5.74) is 6.94. The van der Waals surface area contributed by atoms with Crippen LogP contribution in [0.4, 0.5) is 5.82 Å². The van der Waals surface area contributed by atoms with Crippen LogP contribution in [-0.4, -0.2) is 18.6 Å². The Morgan fingerprint density at radius 1 is 1.62 bits per heavy atom. The predicted octanol–water partition coefficient (Wildman–Crippen LogP) is 1.56. The predicted molar refractivity (Wildman–Crippen MR) is 55.8 cm³/mol. The zero-order chi connectivity index (χ0) is 9.84. The molecule has 1 heterocycles. The Bertz CT molecular complexity index is 271. The highest BCUT2D eigenvalue weighted by molar-refractivity contribution is 5.47. The van der Waals surface area contributed by atoms with Crippen LogP contribution in [-0.2, 0) is 0 Å². The molecule has 0 unspecified atom stereocenters. The Morgan fingerprint density at radius 3 is 2.85 bits per heavy atom. The Morgan fingerprint density at radius 2 is 2.31 bits per heavy atom. The summed E-state index contributed by atoms with van der Waals surface area (Å²) >= 11 is 0. The van der Waals surface area contributed by atoms with Gasteiger partial charge in [-0.3, -0.25) is 0 Å². The molecule has 0 aromatic carbocycles. The van der Waals surface area contributed by atoms with E-state index >= 15 is 0 Å². The maximum atomic E-state index is 5.84. The number of pyridine rings is 1. The summed E-state index contributed by atoms with van der Waals surface area (Å²) in [6, 6.07) is 3.99. The number of rotatable bonds is 3. The molecule has 72 valence electrons. The van der Waals surface area contributed by atoms with Crippen molar-refractivity contribution < 1.29 is 0 Å². The molecule has 0 bridgehead atoms. The molecule has 3 heteroatoms. The second-order valence-corrected chi connectivity index (χ2v) is 3.22. The van der Waals surface area contributed by atoms with Crippen LogP contribution >= 0.6 is 0 Å². The number of nitrogens with zero attached hydrogens (tertiary/aromatic N) is 2. The molecule has 0 amide bonds. The minimum absolute atomic E-state index is 0.0395. The first kappa shape index (κ1) is 9.99. The lowest BCUT2D eigenvalue weighted by Crippen LogP contribution is -2.21. The van der Waals surface area contributed by atoms with Crippen molar-refractivity contribution in [2.75, 3.05) is 18.5 Å². The van der Waals surface area contributed by atoms with Gasteiger partial charge in [0.25, 0.3) is 0 Å². The molecule has 1 aromatic rings. The summed E-state index contributed by atoms with van der Waals surface area (Å²) in [7, 11) is 2.02. The van der Waals surface area contributed by atoms with Crippen molar-refractivity contribution in [1.29, 1.82) is 0 Å². The lowest BCUT2D eigenvalue weighted by atomic mass is 10.1. The van der Waals surface area contributed by atoms with E-state index in [0.29, 0.717) is 0 Å². The third-order valence-electron chi connectivity index (χ3n) is 2.14. The molecule has 0 aliphatic heterocycles. The van der Waals surface area contributed by atoms with E-state index in [1.165, 1.54) is 0 Å². The molecule has 0 spiro atoms. The Hall–Kier alpha value is -1.09. The Labute approximate surface area is 79.6 Å². The van der Waals surface area contributed by atoms with Crippen LogP contribution in [0.2, 0.25) is 0 Å². The van der Waals surface area contributed by atoms with Crippen LogP contribution in [0.25, 0.3) is 0 Å². The van der Waals surface area contributed by atoms with Crippen molar-refractivity contribution in [1.82, 2.24) is 4.98 Å². The highest BCUT2D eigenvalue weighted by Gasteiger charge is 2.09. The smallest absolute Gasteiger partial charge is 0.133 e. The normalized spacial score (nSPS) is 12.6. The van der Waals surface area contributed by atoms with Crippen LogP contribution in [0.5, 0.6) is 0 Å². The molecule has 1 atom stereocenters. The van der Waals surface area contributed by atoms with Crippen molar-refractivity contribution >= 4 is 5.82 Å². The third-order valence-corrected chi connectivity index (χ3v) is 2.14. The number of nitrogens with two attached hydrogens (primary N) is 1. The van der Waals surface area contributed by atoms with Crippen molar-refractivity contribution in [2.45, 2.75) is 19.9 Å². The summed E-state index contributed by atoms with van der Waals surface area (Å²) in [4.78, 5) is 6.41. The first-order valence-corrected chi connectivity index (χ1v) is 4.58. The van der Waals surface area contributed by atoms with Crippen LogP contribution in [0.15, 0.2) is 18.3 Å². The molecular weight excluding hydrogens is 162 g/mol. The fourth-order valence-corrected chi connectivity index (χ4v) is 1.23. The second kappa shape index (κ2) is 4.23. The lowest BCUT2D eigenvalue weighted by molar-refractivity contribution is 0.795. The average Bonchev–Trinajstić information content (AvgIpc) is 2.16. The van der Waals surface area contributed by atoms with Gasteiger partial charge in [-0.25, -0.2) is 4.98 Å². The summed E-state index contributed by atoms with van der Waals surface area (Å²) in [5, 5.41) is 0. The van der Waals surface area contributed by atoms with E-state index in [0.717, 1.165) is 17.9 Å². The van der Waals surface area contributed by atoms with Crippen molar-refractivity contribution in [3.8, 4) is 0 Å². The zero-order valence-electron chi connectivity index (χ0n) is 8.49. The van der Waals surface area contributed by atoms with Gasteiger partial charge in [-0.2, -0.15) is 0 Å². The highest BCUT2D eigenvalue weighted by atomic mass is 15.2. The van der Waals surface area contributed by atoms with Gasteiger partial charge in [0.1, 0.15) is 5.82 Å². The van der Waals surface area contributed by atoms with Crippen molar-refractivity contribution in [3.05, 3.63) is 23.9 Å². The number of anilines is 1. The molecule has 0 saturated heterocycles. The minimum Gasteiger partial charge on any atom is -0.360 e.